The molecule has 116 valence electrons. The molecule has 1 heterocycles. The highest BCUT2D eigenvalue weighted by atomic mass is 35.5. The van der Waals surface area contributed by atoms with E-state index >= 15 is 0 Å². The number of carbonyl (C=O) groups excluding carboxylic acids is 1. The lowest BCUT2D eigenvalue weighted by Gasteiger charge is -2.24. The van der Waals surface area contributed by atoms with Crippen LogP contribution in [0.25, 0.3) is 0 Å². The van der Waals surface area contributed by atoms with Gasteiger partial charge in [0.25, 0.3) is 0 Å². The zero-order valence-electron chi connectivity index (χ0n) is 12.6. The topological polar surface area (TPSA) is 57.3 Å². The molecule has 6 heteroatoms. The average molecular weight is 319 g/mol. The van der Waals surface area contributed by atoms with Gasteiger partial charge in [-0.2, -0.15) is 0 Å². The molecular weight excluding hydrogens is 300 g/mol. The molecular formula is C16H19ClN4O. The van der Waals surface area contributed by atoms with Crippen LogP contribution in [0.5, 0.6) is 0 Å². The average Bonchev–Trinajstić information content (AvgIpc) is 2.48. The van der Waals surface area contributed by atoms with Crippen molar-refractivity contribution in [1.29, 1.82) is 0 Å². The van der Waals surface area contributed by atoms with Crippen molar-refractivity contribution in [2.75, 3.05) is 26.0 Å². The van der Waals surface area contributed by atoms with Crippen molar-refractivity contribution in [3.8, 4) is 0 Å². The fourth-order valence-electron chi connectivity index (χ4n) is 2.10. The summed E-state index contributed by atoms with van der Waals surface area (Å²) >= 11 is 5.89. The molecule has 22 heavy (non-hydrogen) atoms. The van der Waals surface area contributed by atoms with Gasteiger partial charge in [0, 0.05) is 29.6 Å². The van der Waals surface area contributed by atoms with Gasteiger partial charge in [0.15, 0.2) is 0 Å². The molecule has 2 rings (SSSR count). The van der Waals surface area contributed by atoms with E-state index in [1.165, 1.54) is 0 Å². The molecule has 0 aliphatic rings. The van der Waals surface area contributed by atoms with E-state index in [2.05, 4.69) is 15.6 Å². The van der Waals surface area contributed by atoms with Gasteiger partial charge in [0.2, 0.25) is 0 Å². The number of amides is 2. The first kappa shape index (κ1) is 16.3. The molecule has 0 fully saturated rings. The summed E-state index contributed by atoms with van der Waals surface area (Å²) in [5, 5.41) is 6.21. The van der Waals surface area contributed by atoms with Gasteiger partial charge >= 0.3 is 6.03 Å². The van der Waals surface area contributed by atoms with Crippen LogP contribution in [0.1, 0.15) is 11.6 Å². The summed E-state index contributed by atoms with van der Waals surface area (Å²) < 4.78 is 0. The molecule has 0 unspecified atom stereocenters. The summed E-state index contributed by atoms with van der Waals surface area (Å²) in [7, 11) is 3.93. The normalized spacial score (nSPS) is 12.0. The fraction of sp³-hybridized carbons (Fsp3) is 0.250. The number of likely N-dealkylation sites (N-methyl/N-ethyl adjacent to an activating group) is 1. The van der Waals surface area contributed by atoms with Crippen molar-refractivity contribution in [3.63, 3.8) is 0 Å². The van der Waals surface area contributed by atoms with Crippen LogP contribution in [0.2, 0.25) is 5.02 Å². The zero-order valence-corrected chi connectivity index (χ0v) is 13.3. The number of nitrogens with zero attached hydrogens (tertiary/aromatic N) is 2. The second-order valence-corrected chi connectivity index (χ2v) is 5.55. The molecule has 0 saturated heterocycles. The van der Waals surface area contributed by atoms with E-state index in [0.717, 1.165) is 5.56 Å². The third-order valence-corrected chi connectivity index (χ3v) is 3.47. The highest BCUT2D eigenvalue weighted by Crippen LogP contribution is 2.17. The van der Waals surface area contributed by atoms with Crippen molar-refractivity contribution < 1.29 is 4.79 Å². The minimum Gasteiger partial charge on any atom is -0.336 e. The van der Waals surface area contributed by atoms with Gasteiger partial charge in [-0.15, -0.1) is 0 Å². The number of halogens is 1. The molecule has 0 aliphatic carbocycles. The van der Waals surface area contributed by atoms with Crippen molar-refractivity contribution in [3.05, 3.63) is 59.4 Å². The van der Waals surface area contributed by atoms with Gasteiger partial charge in [-0.1, -0.05) is 23.7 Å². The number of rotatable bonds is 5. The maximum absolute atomic E-state index is 12.0. The van der Waals surface area contributed by atoms with E-state index in [4.69, 9.17) is 11.6 Å². The number of benzene rings is 1. The summed E-state index contributed by atoms with van der Waals surface area (Å²) in [4.78, 5) is 18.1. The Balaban J connectivity index is 1.94. The van der Waals surface area contributed by atoms with Crippen LogP contribution in [0.15, 0.2) is 48.8 Å². The number of aromatic nitrogens is 1. The molecule has 1 aromatic heterocycles. The lowest BCUT2D eigenvalue weighted by Crippen LogP contribution is -2.36. The van der Waals surface area contributed by atoms with E-state index < -0.39 is 0 Å². The molecule has 0 radical (unpaired) electrons. The zero-order chi connectivity index (χ0) is 15.9. The Morgan fingerprint density at radius 3 is 2.77 bits per heavy atom. The summed E-state index contributed by atoms with van der Waals surface area (Å²) in [5.41, 5.74) is 1.71. The Morgan fingerprint density at radius 1 is 1.32 bits per heavy atom. The molecule has 0 bridgehead atoms. The van der Waals surface area contributed by atoms with E-state index in [1.54, 1.807) is 36.7 Å². The van der Waals surface area contributed by atoms with Gasteiger partial charge in [-0.3, -0.25) is 4.98 Å². The number of urea groups is 1. The molecule has 0 aliphatic heterocycles. The number of hydrogen-bond donors (Lipinski definition) is 2. The van der Waals surface area contributed by atoms with E-state index in [9.17, 15) is 4.79 Å². The third kappa shape index (κ3) is 4.72. The van der Waals surface area contributed by atoms with Crippen LogP contribution in [-0.4, -0.2) is 36.6 Å². The van der Waals surface area contributed by atoms with Crippen LogP contribution in [0.4, 0.5) is 10.5 Å². The van der Waals surface area contributed by atoms with Crippen molar-refractivity contribution in [2.45, 2.75) is 6.04 Å². The number of pyridine rings is 1. The minimum absolute atomic E-state index is 0.0545. The smallest absolute Gasteiger partial charge is 0.319 e. The molecule has 1 aromatic carbocycles. The number of hydrogen-bond acceptors (Lipinski definition) is 3. The van der Waals surface area contributed by atoms with E-state index in [1.807, 2.05) is 31.1 Å². The summed E-state index contributed by atoms with van der Waals surface area (Å²) in [5.74, 6) is 0. The largest absolute Gasteiger partial charge is 0.336 e. The van der Waals surface area contributed by atoms with Crippen LogP contribution < -0.4 is 10.6 Å². The lowest BCUT2D eigenvalue weighted by molar-refractivity contribution is 0.243. The Kier molecular flexibility index (Phi) is 5.75. The summed E-state index contributed by atoms with van der Waals surface area (Å²) in [6.07, 6.45) is 3.54. The monoisotopic (exact) mass is 318 g/mol. The van der Waals surface area contributed by atoms with Gasteiger partial charge < -0.3 is 15.5 Å². The van der Waals surface area contributed by atoms with Gasteiger partial charge in [-0.05, 0) is 43.9 Å². The Bertz CT molecular complexity index is 619. The number of nitrogens with one attached hydrogen (secondary N) is 2. The molecule has 2 aromatic rings. The van der Waals surface area contributed by atoms with Crippen LogP contribution in [-0.2, 0) is 0 Å². The first-order chi connectivity index (χ1) is 10.6. The molecule has 5 nitrogen and oxygen atoms in total. The predicted molar refractivity (Wildman–Crippen MR) is 89.1 cm³/mol. The first-order valence-corrected chi connectivity index (χ1v) is 7.31. The number of carbonyl (C=O) groups is 1. The van der Waals surface area contributed by atoms with Crippen LogP contribution in [0.3, 0.4) is 0 Å². The molecule has 2 N–H and O–H groups in total. The summed E-state index contributed by atoms with van der Waals surface area (Å²) in [6, 6.07) is 10.7. The SMILES string of the molecule is CN(C)[C@@H](CNC(=O)Nc1cccc(Cl)c1)c1cccnc1. The minimum atomic E-state index is -0.266. The fourth-order valence-corrected chi connectivity index (χ4v) is 2.29. The van der Waals surface area contributed by atoms with Crippen LogP contribution in [0, 0.1) is 0 Å². The van der Waals surface area contributed by atoms with Crippen molar-refractivity contribution in [2.24, 2.45) is 0 Å². The Hall–Kier alpha value is -2.11. The standard InChI is InChI=1S/C16H19ClN4O/c1-21(2)15(12-5-4-8-18-10-12)11-19-16(22)20-14-7-3-6-13(17)9-14/h3-10,15H,11H2,1-2H3,(H2,19,20,22)/t15-/m0/s1. The van der Waals surface area contributed by atoms with Gasteiger partial charge in [-0.25, -0.2) is 4.79 Å². The Morgan fingerprint density at radius 2 is 2.14 bits per heavy atom. The van der Waals surface area contributed by atoms with E-state index in [-0.39, 0.29) is 12.1 Å². The molecule has 0 spiro atoms. The van der Waals surface area contributed by atoms with Gasteiger partial charge in [0.1, 0.15) is 0 Å². The maximum Gasteiger partial charge on any atom is 0.319 e. The third-order valence-electron chi connectivity index (χ3n) is 3.23. The Labute approximate surface area is 135 Å². The van der Waals surface area contributed by atoms with Crippen LogP contribution >= 0.6 is 11.6 Å². The predicted octanol–water partition coefficient (Wildman–Crippen LogP) is 3.16. The maximum atomic E-state index is 12.0. The lowest BCUT2D eigenvalue weighted by atomic mass is 10.1. The highest BCUT2D eigenvalue weighted by molar-refractivity contribution is 6.30. The van der Waals surface area contributed by atoms with Gasteiger partial charge in [0.05, 0.1) is 6.04 Å². The van der Waals surface area contributed by atoms with Crippen molar-refractivity contribution in [1.82, 2.24) is 15.2 Å². The highest BCUT2D eigenvalue weighted by Gasteiger charge is 2.15. The second kappa shape index (κ2) is 7.77. The quantitative estimate of drug-likeness (QED) is 0.890. The second-order valence-electron chi connectivity index (χ2n) is 5.11. The molecule has 0 saturated carbocycles. The number of anilines is 1. The van der Waals surface area contributed by atoms with Crippen molar-refractivity contribution >= 4 is 23.3 Å². The molecule has 1 atom stereocenters. The molecule has 2 amide bonds. The summed E-state index contributed by atoms with van der Waals surface area (Å²) in [6.45, 7) is 0.477. The first-order valence-electron chi connectivity index (χ1n) is 6.93. The van der Waals surface area contributed by atoms with E-state index in [0.29, 0.717) is 17.3 Å².